The zero-order valence-electron chi connectivity index (χ0n) is 12.8. The second-order valence-corrected chi connectivity index (χ2v) is 5.29. The first-order chi connectivity index (χ1) is 11.2. The van der Waals surface area contributed by atoms with Gasteiger partial charge in [-0.3, -0.25) is 10.4 Å². The highest BCUT2D eigenvalue weighted by Crippen LogP contribution is 2.21. The number of hydrogen-bond donors (Lipinski definition) is 3. The smallest absolute Gasteiger partial charge is 0.321 e. The third-order valence-electron chi connectivity index (χ3n) is 3.49. The molecule has 3 aromatic rings. The van der Waals surface area contributed by atoms with Gasteiger partial charge in [-0.15, -0.1) is 0 Å². The molecule has 5 heteroatoms. The Morgan fingerprint density at radius 3 is 2.04 bits per heavy atom. The molecule has 0 bridgehead atoms. The van der Waals surface area contributed by atoms with Gasteiger partial charge < -0.3 is 5.32 Å². The molecule has 0 saturated heterocycles. The van der Waals surface area contributed by atoms with E-state index >= 15 is 0 Å². The second kappa shape index (κ2) is 6.79. The molecule has 5 nitrogen and oxygen atoms in total. The summed E-state index contributed by atoms with van der Waals surface area (Å²) in [7, 11) is 0. The topological polar surface area (TPSA) is 69.8 Å². The summed E-state index contributed by atoms with van der Waals surface area (Å²) in [6, 6.07) is 21.0. The van der Waals surface area contributed by atoms with Crippen LogP contribution >= 0.6 is 0 Å². The van der Waals surface area contributed by atoms with Crippen LogP contribution in [0.25, 0.3) is 0 Å². The normalized spacial score (nSPS) is 10.5. The maximum Gasteiger partial charge on any atom is 0.321 e. The van der Waals surface area contributed by atoms with Gasteiger partial charge in [-0.1, -0.05) is 60.7 Å². The van der Waals surface area contributed by atoms with Gasteiger partial charge in [0.05, 0.1) is 6.04 Å². The fourth-order valence-corrected chi connectivity index (χ4v) is 2.42. The van der Waals surface area contributed by atoms with Crippen molar-refractivity contribution in [3.63, 3.8) is 0 Å². The number of rotatable bonds is 4. The van der Waals surface area contributed by atoms with Gasteiger partial charge in [0.25, 0.3) is 0 Å². The molecular weight excluding hydrogens is 288 g/mol. The standard InChI is InChI=1S/C18H18N4O/c1-13-12-16(22-21-13)19-18(23)20-17(14-8-4-2-5-9-14)15-10-6-3-7-11-15/h2-12,17H,1H3,(H3,19,20,21,22,23). The Morgan fingerprint density at radius 2 is 1.57 bits per heavy atom. The zero-order chi connectivity index (χ0) is 16.1. The summed E-state index contributed by atoms with van der Waals surface area (Å²) >= 11 is 0. The van der Waals surface area contributed by atoms with E-state index in [1.807, 2.05) is 67.6 Å². The van der Waals surface area contributed by atoms with Crippen LogP contribution in [-0.2, 0) is 0 Å². The highest BCUT2D eigenvalue weighted by molar-refractivity contribution is 5.88. The Bertz CT molecular complexity index is 728. The predicted octanol–water partition coefficient (Wildman–Crippen LogP) is 3.63. The molecule has 3 rings (SSSR count). The Hall–Kier alpha value is -3.08. The molecule has 116 valence electrons. The molecule has 1 heterocycles. The van der Waals surface area contributed by atoms with Gasteiger partial charge in [0, 0.05) is 11.8 Å². The molecule has 0 aliphatic carbocycles. The maximum atomic E-state index is 12.3. The molecule has 0 atom stereocenters. The number of aromatic nitrogens is 2. The monoisotopic (exact) mass is 306 g/mol. The fourth-order valence-electron chi connectivity index (χ4n) is 2.42. The van der Waals surface area contributed by atoms with Crippen molar-refractivity contribution in [3.8, 4) is 0 Å². The first kappa shape index (κ1) is 14.8. The number of urea groups is 1. The number of hydrogen-bond acceptors (Lipinski definition) is 2. The lowest BCUT2D eigenvalue weighted by Gasteiger charge is -2.19. The molecule has 0 spiro atoms. The van der Waals surface area contributed by atoms with Gasteiger partial charge in [-0.05, 0) is 18.1 Å². The van der Waals surface area contributed by atoms with Crippen molar-refractivity contribution in [1.29, 1.82) is 0 Å². The zero-order valence-corrected chi connectivity index (χ0v) is 12.8. The minimum atomic E-state index is -0.297. The molecule has 0 unspecified atom stereocenters. The van der Waals surface area contributed by atoms with Crippen LogP contribution in [0.5, 0.6) is 0 Å². The van der Waals surface area contributed by atoms with E-state index in [-0.39, 0.29) is 12.1 Å². The highest BCUT2D eigenvalue weighted by Gasteiger charge is 2.16. The summed E-state index contributed by atoms with van der Waals surface area (Å²) < 4.78 is 0. The van der Waals surface area contributed by atoms with Crippen molar-refractivity contribution in [2.45, 2.75) is 13.0 Å². The number of nitrogens with zero attached hydrogens (tertiary/aromatic N) is 1. The van der Waals surface area contributed by atoms with Crippen LogP contribution in [0, 0.1) is 6.92 Å². The third kappa shape index (κ3) is 3.77. The number of amides is 2. The van der Waals surface area contributed by atoms with Crippen LogP contribution in [0.2, 0.25) is 0 Å². The van der Waals surface area contributed by atoms with E-state index in [0.29, 0.717) is 5.82 Å². The van der Waals surface area contributed by atoms with E-state index in [9.17, 15) is 4.79 Å². The summed E-state index contributed by atoms with van der Waals surface area (Å²) in [4.78, 5) is 12.3. The van der Waals surface area contributed by atoms with Gasteiger partial charge in [-0.2, -0.15) is 5.10 Å². The average molecular weight is 306 g/mol. The highest BCUT2D eigenvalue weighted by atomic mass is 16.2. The van der Waals surface area contributed by atoms with Crippen LogP contribution < -0.4 is 10.6 Å². The SMILES string of the molecule is Cc1cc(NC(=O)NC(c2ccccc2)c2ccccc2)n[nH]1. The molecule has 0 fully saturated rings. The van der Waals surface area contributed by atoms with E-state index < -0.39 is 0 Å². The van der Waals surface area contributed by atoms with Gasteiger partial charge in [0.1, 0.15) is 0 Å². The minimum Gasteiger partial charge on any atom is -0.327 e. The minimum absolute atomic E-state index is 0.225. The predicted molar refractivity (Wildman–Crippen MR) is 90.2 cm³/mol. The summed E-state index contributed by atoms with van der Waals surface area (Å²) in [6.45, 7) is 1.88. The molecule has 0 saturated carbocycles. The number of H-pyrrole nitrogens is 1. The van der Waals surface area contributed by atoms with Crippen molar-refractivity contribution in [2.24, 2.45) is 0 Å². The lowest BCUT2D eigenvalue weighted by molar-refractivity contribution is 0.250. The molecule has 2 aromatic carbocycles. The Morgan fingerprint density at radius 1 is 1.00 bits per heavy atom. The molecular formula is C18H18N4O. The Kier molecular flexibility index (Phi) is 4.38. The molecule has 2 amide bonds. The number of carbonyl (C=O) groups is 1. The number of aromatic amines is 1. The van der Waals surface area contributed by atoms with E-state index in [0.717, 1.165) is 16.8 Å². The third-order valence-corrected chi connectivity index (χ3v) is 3.49. The first-order valence-electron chi connectivity index (χ1n) is 7.42. The molecule has 0 radical (unpaired) electrons. The van der Waals surface area contributed by atoms with Crippen LogP contribution in [-0.4, -0.2) is 16.2 Å². The van der Waals surface area contributed by atoms with Crippen LogP contribution in [0.4, 0.5) is 10.6 Å². The van der Waals surface area contributed by atoms with Crippen molar-refractivity contribution < 1.29 is 4.79 Å². The summed E-state index contributed by atoms with van der Waals surface area (Å²) in [5, 5.41) is 12.6. The fraction of sp³-hybridized carbons (Fsp3) is 0.111. The van der Waals surface area contributed by atoms with E-state index in [2.05, 4.69) is 20.8 Å². The summed E-state index contributed by atoms with van der Waals surface area (Å²) in [6.07, 6.45) is 0. The van der Waals surface area contributed by atoms with Crippen molar-refractivity contribution >= 4 is 11.8 Å². The molecule has 3 N–H and O–H groups in total. The number of aryl methyl sites for hydroxylation is 1. The van der Waals surface area contributed by atoms with Crippen LogP contribution in [0.1, 0.15) is 22.9 Å². The Labute approximate surface area is 134 Å². The molecule has 0 aliphatic rings. The molecule has 23 heavy (non-hydrogen) atoms. The largest absolute Gasteiger partial charge is 0.327 e. The first-order valence-corrected chi connectivity index (χ1v) is 7.42. The van der Waals surface area contributed by atoms with Crippen molar-refractivity contribution in [3.05, 3.63) is 83.6 Å². The number of carbonyl (C=O) groups excluding carboxylic acids is 1. The van der Waals surface area contributed by atoms with E-state index in [4.69, 9.17) is 0 Å². The van der Waals surface area contributed by atoms with E-state index in [1.165, 1.54) is 0 Å². The number of benzene rings is 2. The summed E-state index contributed by atoms with van der Waals surface area (Å²) in [5.74, 6) is 0.500. The van der Waals surface area contributed by atoms with Crippen molar-refractivity contribution in [2.75, 3.05) is 5.32 Å². The van der Waals surface area contributed by atoms with Gasteiger partial charge in [-0.25, -0.2) is 4.79 Å². The summed E-state index contributed by atoms with van der Waals surface area (Å²) in [5.41, 5.74) is 2.93. The molecule has 0 aliphatic heterocycles. The molecule has 1 aromatic heterocycles. The van der Waals surface area contributed by atoms with Gasteiger partial charge >= 0.3 is 6.03 Å². The van der Waals surface area contributed by atoms with Crippen LogP contribution in [0.3, 0.4) is 0 Å². The van der Waals surface area contributed by atoms with E-state index in [1.54, 1.807) is 6.07 Å². The number of anilines is 1. The maximum absolute atomic E-state index is 12.3. The van der Waals surface area contributed by atoms with Gasteiger partial charge in [0.15, 0.2) is 5.82 Å². The van der Waals surface area contributed by atoms with Crippen molar-refractivity contribution in [1.82, 2.24) is 15.5 Å². The average Bonchev–Trinajstić information content (AvgIpc) is 2.99. The Balaban J connectivity index is 1.80. The quantitative estimate of drug-likeness (QED) is 0.689. The lowest BCUT2D eigenvalue weighted by Crippen LogP contribution is -2.33. The van der Waals surface area contributed by atoms with Crippen LogP contribution in [0.15, 0.2) is 66.7 Å². The second-order valence-electron chi connectivity index (χ2n) is 5.29. The lowest BCUT2D eigenvalue weighted by atomic mass is 9.99. The number of nitrogens with one attached hydrogen (secondary N) is 3. The van der Waals surface area contributed by atoms with Gasteiger partial charge in [0.2, 0.25) is 0 Å².